The highest BCUT2D eigenvalue weighted by Gasteiger charge is 2.34. The van der Waals surface area contributed by atoms with E-state index in [0.717, 1.165) is 27.3 Å². The van der Waals surface area contributed by atoms with Gasteiger partial charge in [-0.2, -0.15) is 18.3 Å². The Morgan fingerprint density at radius 1 is 1.20 bits per heavy atom. The van der Waals surface area contributed by atoms with Crippen LogP contribution < -0.4 is 10.6 Å². The first-order valence-corrected chi connectivity index (χ1v) is 13.5. The van der Waals surface area contributed by atoms with Crippen molar-refractivity contribution in [1.82, 2.24) is 35.1 Å². The van der Waals surface area contributed by atoms with Crippen molar-refractivity contribution in [3.63, 3.8) is 0 Å². The minimum atomic E-state index is -4.65. The Labute approximate surface area is 244 Å². The van der Waals surface area contributed by atoms with Gasteiger partial charge in [0, 0.05) is 16.3 Å². The number of halogens is 5. The Hall–Kier alpha value is -3.53. The molecule has 2 amide bonds. The summed E-state index contributed by atoms with van der Waals surface area (Å²) in [7, 11) is 0. The Morgan fingerprint density at radius 3 is 2.65 bits per heavy atom. The molecule has 0 atom stereocenters. The monoisotopic (exact) mass is 684 g/mol. The molecule has 2 N–H and O–H groups in total. The van der Waals surface area contributed by atoms with Gasteiger partial charge in [0.1, 0.15) is 5.69 Å². The van der Waals surface area contributed by atoms with Crippen LogP contribution in [0.25, 0.3) is 5.82 Å². The lowest BCUT2D eigenvalue weighted by atomic mass is 10.1. The second-order valence-corrected chi connectivity index (χ2v) is 10.9. The van der Waals surface area contributed by atoms with E-state index in [1.165, 1.54) is 16.9 Å². The zero-order valence-electron chi connectivity index (χ0n) is 20.8. The SMILES string of the molecule is Cc1cc(I)cc(C(=O)NCC2CC2)c1NC(=O)c1cc(Cn2cc(C(F)(F)F)nn2)nn1-c1ncccc1Cl. The van der Waals surface area contributed by atoms with Crippen LogP contribution >= 0.6 is 34.2 Å². The third-order valence-electron chi connectivity index (χ3n) is 6.12. The minimum absolute atomic E-state index is 0.00551. The van der Waals surface area contributed by atoms with Crippen LogP contribution in [0, 0.1) is 16.4 Å². The molecular formula is C25H21ClF3IN8O2. The van der Waals surface area contributed by atoms with Gasteiger partial charge in [0.25, 0.3) is 11.8 Å². The molecule has 0 spiro atoms. The zero-order valence-corrected chi connectivity index (χ0v) is 23.8. The van der Waals surface area contributed by atoms with Crippen LogP contribution in [-0.4, -0.2) is 48.1 Å². The fourth-order valence-electron chi connectivity index (χ4n) is 3.96. The summed E-state index contributed by atoms with van der Waals surface area (Å²) in [6.07, 6.45) is -0.303. The molecule has 1 aliphatic rings. The molecule has 3 heterocycles. The van der Waals surface area contributed by atoms with E-state index in [1.54, 1.807) is 25.1 Å². The van der Waals surface area contributed by atoms with Gasteiger partial charge in [0.15, 0.2) is 11.5 Å². The molecule has 4 aromatic rings. The standard InChI is InChI=1S/C25H21ClF3IN8O2/c1-13-7-15(30)8-17(23(39)32-10-14-4-5-14)21(13)33-24(40)19-9-16(11-37-12-20(34-36-37)25(27,28)29)35-38(19)22-18(26)3-2-6-31-22/h2-3,6-9,12,14H,4-5,10-11H2,1H3,(H,32,39)(H,33,40). The van der Waals surface area contributed by atoms with E-state index in [-0.39, 0.29) is 34.7 Å². The van der Waals surface area contributed by atoms with Crippen molar-refractivity contribution in [2.45, 2.75) is 32.5 Å². The highest BCUT2D eigenvalue weighted by molar-refractivity contribution is 14.1. The van der Waals surface area contributed by atoms with E-state index in [9.17, 15) is 22.8 Å². The smallest absolute Gasteiger partial charge is 0.352 e. The van der Waals surface area contributed by atoms with Crippen LogP contribution in [0.15, 0.2) is 42.7 Å². The number of rotatable bonds is 8. The summed E-state index contributed by atoms with van der Waals surface area (Å²) in [5, 5.41) is 17.0. The van der Waals surface area contributed by atoms with E-state index < -0.39 is 17.8 Å². The second kappa shape index (κ2) is 11.2. The molecular weight excluding hydrogens is 664 g/mol. The van der Waals surface area contributed by atoms with Crippen molar-refractivity contribution in [2.24, 2.45) is 5.92 Å². The van der Waals surface area contributed by atoms with Crippen molar-refractivity contribution in [3.8, 4) is 5.82 Å². The summed E-state index contributed by atoms with van der Waals surface area (Å²) < 4.78 is 41.9. The number of aryl methyl sites for hydroxylation is 1. The van der Waals surface area contributed by atoms with Crippen molar-refractivity contribution >= 4 is 51.7 Å². The number of anilines is 1. The molecule has 0 radical (unpaired) electrons. The highest BCUT2D eigenvalue weighted by Crippen LogP contribution is 2.30. The van der Waals surface area contributed by atoms with Gasteiger partial charge in [-0.1, -0.05) is 16.8 Å². The quantitative estimate of drug-likeness (QED) is 0.256. The van der Waals surface area contributed by atoms with Gasteiger partial charge in [-0.25, -0.2) is 14.3 Å². The third kappa shape index (κ3) is 6.27. The molecule has 15 heteroatoms. The van der Waals surface area contributed by atoms with Crippen LogP contribution in [0.4, 0.5) is 18.9 Å². The lowest BCUT2D eigenvalue weighted by Gasteiger charge is -2.15. The fourth-order valence-corrected chi connectivity index (χ4v) is 4.94. The van der Waals surface area contributed by atoms with E-state index >= 15 is 0 Å². The van der Waals surface area contributed by atoms with E-state index in [4.69, 9.17) is 11.6 Å². The predicted octanol–water partition coefficient (Wildman–Crippen LogP) is 4.88. The first-order valence-electron chi connectivity index (χ1n) is 12.1. The van der Waals surface area contributed by atoms with Crippen molar-refractivity contribution in [3.05, 3.63) is 79.5 Å². The average molecular weight is 685 g/mol. The Morgan fingerprint density at radius 2 is 1.98 bits per heavy atom. The number of nitrogens with zero attached hydrogens (tertiary/aromatic N) is 6. The molecule has 1 saturated carbocycles. The molecule has 1 aromatic carbocycles. The maximum Gasteiger partial charge on any atom is 0.436 e. The fraction of sp³-hybridized carbons (Fsp3) is 0.280. The molecule has 10 nitrogen and oxygen atoms in total. The maximum atomic E-state index is 13.6. The number of carbonyl (C=O) groups is 2. The number of carbonyl (C=O) groups excluding carboxylic acids is 2. The van der Waals surface area contributed by atoms with Crippen LogP contribution in [-0.2, 0) is 12.7 Å². The highest BCUT2D eigenvalue weighted by atomic mass is 127. The van der Waals surface area contributed by atoms with E-state index in [0.29, 0.717) is 29.3 Å². The topological polar surface area (TPSA) is 120 Å². The molecule has 40 heavy (non-hydrogen) atoms. The summed E-state index contributed by atoms with van der Waals surface area (Å²) >= 11 is 8.44. The summed E-state index contributed by atoms with van der Waals surface area (Å²) in [4.78, 5) is 30.9. The van der Waals surface area contributed by atoms with Crippen molar-refractivity contribution < 1.29 is 22.8 Å². The minimum Gasteiger partial charge on any atom is -0.352 e. The van der Waals surface area contributed by atoms with Gasteiger partial charge < -0.3 is 10.6 Å². The van der Waals surface area contributed by atoms with E-state index in [2.05, 4.69) is 53.6 Å². The summed E-state index contributed by atoms with van der Waals surface area (Å²) in [5.41, 5.74) is 0.343. The van der Waals surface area contributed by atoms with Gasteiger partial charge in [-0.15, -0.1) is 5.10 Å². The summed E-state index contributed by atoms with van der Waals surface area (Å²) in [6.45, 7) is 2.12. The lowest BCUT2D eigenvalue weighted by molar-refractivity contribution is -0.141. The summed E-state index contributed by atoms with van der Waals surface area (Å²) in [6, 6.07) is 8.07. The maximum absolute atomic E-state index is 13.6. The molecule has 1 fully saturated rings. The Kier molecular flexibility index (Phi) is 7.81. The number of hydrogen-bond donors (Lipinski definition) is 2. The molecule has 0 unspecified atom stereocenters. The third-order valence-corrected chi connectivity index (χ3v) is 7.03. The molecule has 0 bridgehead atoms. The second-order valence-electron chi connectivity index (χ2n) is 9.29. The average Bonchev–Trinajstić information content (AvgIpc) is 3.43. The number of nitrogens with one attached hydrogen (secondary N) is 2. The number of hydrogen-bond acceptors (Lipinski definition) is 6. The first-order chi connectivity index (χ1) is 19.0. The number of pyridine rings is 1. The lowest BCUT2D eigenvalue weighted by Crippen LogP contribution is -2.28. The van der Waals surface area contributed by atoms with Gasteiger partial charge in [-0.3, -0.25) is 9.59 Å². The molecule has 0 saturated heterocycles. The van der Waals surface area contributed by atoms with Crippen molar-refractivity contribution in [1.29, 1.82) is 0 Å². The number of alkyl halides is 3. The van der Waals surface area contributed by atoms with Crippen molar-refractivity contribution in [2.75, 3.05) is 11.9 Å². The predicted molar refractivity (Wildman–Crippen MR) is 147 cm³/mol. The van der Waals surface area contributed by atoms with Crippen LogP contribution in [0.3, 0.4) is 0 Å². The Bertz CT molecular complexity index is 1600. The van der Waals surface area contributed by atoms with Gasteiger partial charge in [0.2, 0.25) is 0 Å². The van der Waals surface area contributed by atoms with Crippen LogP contribution in [0.5, 0.6) is 0 Å². The van der Waals surface area contributed by atoms with Crippen LogP contribution in [0.1, 0.15) is 50.6 Å². The molecule has 5 rings (SSSR count). The zero-order chi connectivity index (χ0) is 28.6. The van der Waals surface area contributed by atoms with Gasteiger partial charge >= 0.3 is 6.18 Å². The number of aromatic nitrogens is 6. The van der Waals surface area contributed by atoms with E-state index in [1.807, 2.05) is 6.07 Å². The molecule has 208 valence electrons. The Balaban J connectivity index is 1.49. The normalized spacial score (nSPS) is 13.3. The number of benzene rings is 1. The number of amides is 2. The molecule has 3 aromatic heterocycles. The molecule has 0 aliphatic heterocycles. The first kappa shape index (κ1) is 28.0. The largest absolute Gasteiger partial charge is 0.436 e. The molecule has 1 aliphatic carbocycles. The summed E-state index contributed by atoms with van der Waals surface area (Å²) in [5.74, 6) is -0.330. The van der Waals surface area contributed by atoms with Gasteiger partial charge in [-0.05, 0) is 84.2 Å². The van der Waals surface area contributed by atoms with Crippen LogP contribution in [0.2, 0.25) is 5.02 Å². The van der Waals surface area contributed by atoms with Gasteiger partial charge in [0.05, 0.1) is 34.7 Å².